The van der Waals surface area contributed by atoms with Crippen molar-refractivity contribution in [3.63, 3.8) is 0 Å². The SMILES string of the molecule is CC1(c2cccc3ccccc23)CNCCO1. The Bertz CT molecular complexity index is 524. The molecule has 0 spiro atoms. The summed E-state index contributed by atoms with van der Waals surface area (Å²) in [5, 5.41) is 5.98. The van der Waals surface area contributed by atoms with Crippen LogP contribution in [0, 0.1) is 0 Å². The lowest BCUT2D eigenvalue weighted by Gasteiger charge is -2.35. The topological polar surface area (TPSA) is 21.3 Å². The van der Waals surface area contributed by atoms with Crippen molar-refractivity contribution < 1.29 is 4.74 Å². The molecule has 0 radical (unpaired) electrons. The number of hydrogen-bond donors (Lipinski definition) is 1. The summed E-state index contributed by atoms with van der Waals surface area (Å²) in [6, 6.07) is 14.9. The molecule has 1 saturated heterocycles. The Hall–Kier alpha value is -1.38. The number of morpholine rings is 1. The number of rotatable bonds is 1. The molecule has 0 bridgehead atoms. The molecule has 1 heterocycles. The molecule has 2 nitrogen and oxygen atoms in total. The first kappa shape index (κ1) is 10.8. The third kappa shape index (κ3) is 1.84. The predicted molar refractivity (Wildman–Crippen MR) is 70.1 cm³/mol. The lowest BCUT2D eigenvalue weighted by atomic mass is 9.90. The molecular weight excluding hydrogens is 210 g/mol. The third-order valence-electron chi connectivity index (χ3n) is 3.52. The lowest BCUT2D eigenvalue weighted by molar-refractivity contribution is -0.0561. The molecule has 2 aromatic carbocycles. The molecule has 0 aromatic heterocycles. The van der Waals surface area contributed by atoms with Crippen LogP contribution in [-0.4, -0.2) is 19.7 Å². The monoisotopic (exact) mass is 227 g/mol. The van der Waals surface area contributed by atoms with Crippen LogP contribution in [0.25, 0.3) is 10.8 Å². The summed E-state index contributed by atoms with van der Waals surface area (Å²) < 4.78 is 6.00. The minimum absolute atomic E-state index is 0.209. The first-order valence-corrected chi connectivity index (χ1v) is 6.12. The molecule has 1 aliphatic heterocycles. The van der Waals surface area contributed by atoms with E-state index in [2.05, 4.69) is 54.7 Å². The molecule has 1 fully saturated rings. The van der Waals surface area contributed by atoms with Crippen molar-refractivity contribution in [2.75, 3.05) is 19.7 Å². The fraction of sp³-hybridized carbons (Fsp3) is 0.333. The standard InChI is InChI=1S/C15H17NO/c1-15(11-16-9-10-17-15)14-8-4-6-12-5-2-3-7-13(12)14/h2-8,16H,9-11H2,1H3. The van der Waals surface area contributed by atoms with Gasteiger partial charge < -0.3 is 10.1 Å². The summed E-state index contributed by atoms with van der Waals surface area (Å²) in [6.07, 6.45) is 0. The quantitative estimate of drug-likeness (QED) is 0.808. The molecule has 1 N–H and O–H groups in total. The zero-order valence-corrected chi connectivity index (χ0v) is 10.1. The van der Waals surface area contributed by atoms with Gasteiger partial charge in [-0.05, 0) is 23.3 Å². The molecule has 2 aromatic rings. The van der Waals surface area contributed by atoms with Gasteiger partial charge in [0.2, 0.25) is 0 Å². The van der Waals surface area contributed by atoms with E-state index in [4.69, 9.17) is 4.74 Å². The normalized spacial score (nSPS) is 25.0. The van der Waals surface area contributed by atoms with Crippen molar-refractivity contribution in [1.82, 2.24) is 5.32 Å². The summed E-state index contributed by atoms with van der Waals surface area (Å²) in [6.45, 7) is 4.77. The maximum absolute atomic E-state index is 6.00. The van der Waals surface area contributed by atoms with E-state index in [1.807, 2.05) is 0 Å². The molecule has 1 atom stereocenters. The summed E-state index contributed by atoms with van der Waals surface area (Å²) in [4.78, 5) is 0. The number of benzene rings is 2. The first-order valence-electron chi connectivity index (χ1n) is 6.12. The van der Waals surface area contributed by atoms with Crippen molar-refractivity contribution >= 4 is 10.8 Å². The minimum Gasteiger partial charge on any atom is -0.368 e. The molecule has 2 heteroatoms. The fourth-order valence-electron chi connectivity index (χ4n) is 2.59. The lowest BCUT2D eigenvalue weighted by Crippen LogP contribution is -2.45. The van der Waals surface area contributed by atoms with Crippen LogP contribution in [0.5, 0.6) is 0 Å². The number of ether oxygens (including phenoxy) is 1. The van der Waals surface area contributed by atoms with Gasteiger partial charge in [-0.15, -0.1) is 0 Å². The number of nitrogens with one attached hydrogen (secondary N) is 1. The second kappa shape index (κ2) is 4.13. The number of hydrogen-bond acceptors (Lipinski definition) is 2. The summed E-state index contributed by atoms with van der Waals surface area (Å²) >= 11 is 0. The molecule has 88 valence electrons. The highest BCUT2D eigenvalue weighted by molar-refractivity contribution is 5.86. The molecule has 0 saturated carbocycles. The van der Waals surface area contributed by atoms with Crippen molar-refractivity contribution in [2.45, 2.75) is 12.5 Å². The fourth-order valence-corrected chi connectivity index (χ4v) is 2.59. The molecular formula is C15H17NO. The van der Waals surface area contributed by atoms with Gasteiger partial charge in [-0.1, -0.05) is 42.5 Å². The van der Waals surface area contributed by atoms with E-state index >= 15 is 0 Å². The predicted octanol–water partition coefficient (Wildman–Crippen LogP) is 2.67. The van der Waals surface area contributed by atoms with Crippen LogP contribution < -0.4 is 5.32 Å². The maximum atomic E-state index is 6.00. The van der Waals surface area contributed by atoms with Crippen molar-refractivity contribution in [2.24, 2.45) is 0 Å². The van der Waals surface area contributed by atoms with Crippen molar-refractivity contribution in [1.29, 1.82) is 0 Å². The van der Waals surface area contributed by atoms with Crippen molar-refractivity contribution in [3.8, 4) is 0 Å². The van der Waals surface area contributed by atoms with Crippen LogP contribution in [-0.2, 0) is 10.3 Å². The Balaban J connectivity index is 2.16. The second-order valence-electron chi connectivity index (χ2n) is 4.78. The molecule has 17 heavy (non-hydrogen) atoms. The van der Waals surface area contributed by atoms with Gasteiger partial charge in [-0.25, -0.2) is 0 Å². The van der Waals surface area contributed by atoms with Crippen molar-refractivity contribution in [3.05, 3.63) is 48.0 Å². The molecule has 1 unspecified atom stereocenters. The van der Waals surface area contributed by atoms with Crippen LogP contribution in [0.4, 0.5) is 0 Å². The average Bonchev–Trinajstić information content (AvgIpc) is 2.39. The Kier molecular flexibility index (Phi) is 2.61. The summed E-state index contributed by atoms with van der Waals surface area (Å²) in [5.41, 5.74) is 1.07. The highest BCUT2D eigenvalue weighted by Gasteiger charge is 2.31. The van der Waals surface area contributed by atoms with Gasteiger partial charge in [-0.2, -0.15) is 0 Å². The summed E-state index contributed by atoms with van der Waals surface area (Å²) in [5.74, 6) is 0. The van der Waals surface area contributed by atoms with Gasteiger partial charge in [0.15, 0.2) is 0 Å². The highest BCUT2D eigenvalue weighted by atomic mass is 16.5. The van der Waals surface area contributed by atoms with Crippen LogP contribution in [0.3, 0.4) is 0 Å². The van der Waals surface area contributed by atoms with Gasteiger partial charge in [0.25, 0.3) is 0 Å². The zero-order valence-electron chi connectivity index (χ0n) is 10.1. The Morgan fingerprint density at radius 1 is 1.12 bits per heavy atom. The summed E-state index contributed by atoms with van der Waals surface area (Å²) in [7, 11) is 0. The van der Waals surface area contributed by atoms with E-state index in [1.165, 1.54) is 16.3 Å². The van der Waals surface area contributed by atoms with Gasteiger partial charge in [0.1, 0.15) is 5.60 Å². The van der Waals surface area contributed by atoms with E-state index in [1.54, 1.807) is 0 Å². The van der Waals surface area contributed by atoms with Crippen LogP contribution in [0.1, 0.15) is 12.5 Å². The van der Waals surface area contributed by atoms with Gasteiger partial charge in [0.05, 0.1) is 6.61 Å². The smallest absolute Gasteiger partial charge is 0.103 e. The first-order chi connectivity index (χ1) is 8.30. The van der Waals surface area contributed by atoms with E-state index in [0.717, 1.165) is 19.7 Å². The van der Waals surface area contributed by atoms with Crippen LogP contribution in [0.15, 0.2) is 42.5 Å². The highest BCUT2D eigenvalue weighted by Crippen LogP contribution is 2.32. The van der Waals surface area contributed by atoms with Gasteiger partial charge in [-0.3, -0.25) is 0 Å². The molecule has 0 amide bonds. The van der Waals surface area contributed by atoms with Crippen LogP contribution >= 0.6 is 0 Å². The Morgan fingerprint density at radius 3 is 2.76 bits per heavy atom. The largest absolute Gasteiger partial charge is 0.368 e. The maximum Gasteiger partial charge on any atom is 0.103 e. The van der Waals surface area contributed by atoms with E-state index < -0.39 is 0 Å². The Labute approximate surface area is 102 Å². The van der Waals surface area contributed by atoms with Crippen LogP contribution in [0.2, 0.25) is 0 Å². The molecule has 0 aliphatic carbocycles. The minimum atomic E-state index is -0.209. The van der Waals surface area contributed by atoms with E-state index in [9.17, 15) is 0 Å². The van der Waals surface area contributed by atoms with Gasteiger partial charge >= 0.3 is 0 Å². The Morgan fingerprint density at radius 2 is 1.94 bits per heavy atom. The average molecular weight is 227 g/mol. The third-order valence-corrected chi connectivity index (χ3v) is 3.52. The van der Waals surface area contributed by atoms with Gasteiger partial charge in [0, 0.05) is 13.1 Å². The van der Waals surface area contributed by atoms with E-state index in [0.29, 0.717) is 0 Å². The molecule has 3 rings (SSSR count). The zero-order chi connectivity index (χ0) is 11.7. The number of fused-ring (bicyclic) bond motifs is 1. The molecule has 1 aliphatic rings. The van der Waals surface area contributed by atoms with E-state index in [-0.39, 0.29) is 5.60 Å². The second-order valence-corrected chi connectivity index (χ2v) is 4.78.